The van der Waals surface area contributed by atoms with Crippen LogP contribution in [-0.4, -0.2) is 28.2 Å². The molecule has 0 aliphatic rings. The molecule has 0 saturated carbocycles. The van der Waals surface area contributed by atoms with Crippen molar-refractivity contribution in [2.45, 2.75) is 13.0 Å². The topological polar surface area (TPSA) is 110 Å². The Labute approximate surface area is 144 Å². The van der Waals surface area contributed by atoms with Gasteiger partial charge in [0.2, 0.25) is 5.95 Å². The van der Waals surface area contributed by atoms with Crippen molar-refractivity contribution in [1.82, 2.24) is 9.97 Å². The zero-order valence-corrected chi connectivity index (χ0v) is 13.9. The van der Waals surface area contributed by atoms with E-state index in [4.69, 9.17) is 10.5 Å². The number of benzene rings is 2. The van der Waals surface area contributed by atoms with E-state index in [1.54, 1.807) is 13.2 Å². The van der Waals surface area contributed by atoms with Crippen LogP contribution in [0.5, 0.6) is 5.75 Å². The number of nitrogens with zero attached hydrogens (tertiary/aromatic N) is 2. The molecule has 0 amide bonds. The van der Waals surface area contributed by atoms with Crippen molar-refractivity contribution in [2.75, 3.05) is 18.2 Å². The lowest BCUT2D eigenvalue weighted by atomic mass is 10.1. The van der Waals surface area contributed by atoms with Crippen molar-refractivity contribution < 1.29 is 14.6 Å². The van der Waals surface area contributed by atoms with Crippen molar-refractivity contribution in [1.29, 1.82) is 0 Å². The number of rotatable bonds is 5. The summed E-state index contributed by atoms with van der Waals surface area (Å²) in [5.41, 5.74) is 7.53. The van der Waals surface area contributed by atoms with Crippen molar-refractivity contribution >= 4 is 28.6 Å². The smallest absolute Gasteiger partial charge is 0.335 e. The lowest BCUT2D eigenvalue weighted by molar-refractivity contribution is 0.0697. The van der Waals surface area contributed by atoms with Gasteiger partial charge in [0.05, 0.1) is 24.2 Å². The number of carbonyl (C=O) groups is 1. The number of nitrogens with one attached hydrogen (secondary N) is 1. The second kappa shape index (κ2) is 6.64. The van der Waals surface area contributed by atoms with Crippen LogP contribution in [0.2, 0.25) is 0 Å². The second-order valence-corrected chi connectivity index (χ2v) is 5.61. The normalized spacial score (nSPS) is 11.9. The number of aromatic nitrogens is 2. The Morgan fingerprint density at radius 1 is 1.24 bits per heavy atom. The highest BCUT2D eigenvalue weighted by Gasteiger charge is 2.13. The molecule has 2 aromatic carbocycles. The van der Waals surface area contributed by atoms with Gasteiger partial charge >= 0.3 is 5.97 Å². The van der Waals surface area contributed by atoms with Crippen LogP contribution in [0, 0.1) is 0 Å². The van der Waals surface area contributed by atoms with Gasteiger partial charge in [-0.2, -0.15) is 4.98 Å². The number of ether oxygens (including phenoxy) is 1. The van der Waals surface area contributed by atoms with Crippen LogP contribution in [0.1, 0.15) is 28.9 Å². The molecule has 0 aliphatic heterocycles. The maximum atomic E-state index is 11.2. The molecule has 7 heteroatoms. The number of methoxy groups -OCH3 is 1. The summed E-state index contributed by atoms with van der Waals surface area (Å²) in [6.45, 7) is 1.97. The SMILES string of the molecule is COc1cccc([C@@H](C)Nc2nc(N)nc3ccc(C(=O)O)cc23)c1. The van der Waals surface area contributed by atoms with Gasteiger partial charge in [-0.15, -0.1) is 0 Å². The first-order valence-electron chi connectivity index (χ1n) is 7.69. The number of fused-ring (bicyclic) bond motifs is 1. The zero-order chi connectivity index (χ0) is 18.0. The Kier molecular flexibility index (Phi) is 4.38. The largest absolute Gasteiger partial charge is 0.497 e. The summed E-state index contributed by atoms with van der Waals surface area (Å²) in [6.07, 6.45) is 0. The van der Waals surface area contributed by atoms with Crippen molar-refractivity contribution in [3.63, 3.8) is 0 Å². The van der Waals surface area contributed by atoms with Gasteiger partial charge in [-0.1, -0.05) is 12.1 Å². The zero-order valence-electron chi connectivity index (χ0n) is 13.9. The third-order valence-electron chi connectivity index (χ3n) is 3.91. The molecule has 7 nitrogen and oxygen atoms in total. The van der Waals surface area contributed by atoms with Gasteiger partial charge in [0.15, 0.2) is 0 Å². The van der Waals surface area contributed by atoms with Crippen molar-refractivity contribution in [2.24, 2.45) is 0 Å². The molecule has 1 atom stereocenters. The fourth-order valence-electron chi connectivity index (χ4n) is 2.59. The third kappa shape index (κ3) is 3.45. The Bertz CT molecular complexity index is 943. The molecule has 0 bridgehead atoms. The van der Waals surface area contributed by atoms with Gasteiger partial charge in [0.1, 0.15) is 11.6 Å². The van der Waals surface area contributed by atoms with Crippen LogP contribution in [0.15, 0.2) is 42.5 Å². The molecule has 128 valence electrons. The minimum absolute atomic E-state index is 0.0962. The molecule has 0 fully saturated rings. The molecule has 0 spiro atoms. The average molecular weight is 338 g/mol. The van der Waals surface area contributed by atoms with Crippen LogP contribution in [0.25, 0.3) is 10.9 Å². The van der Waals surface area contributed by atoms with Crippen LogP contribution < -0.4 is 15.8 Å². The summed E-state index contributed by atoms with van der Waals surface area (Å²) < 4.78 is 5.25. The van der Waals surface area contributed by atoms with Crippen molar-refractivity contribution in [3.8, 4) is 5.75 Å². The molecule has 1 heterocycles. The van der Waals surface area contributed by atoms with E-state index < -0.39 is 5.97 Å². The van der Waals surface area contributed by atoms with Gasteiger partial charge in [0, 0.05) is 5.39 Å². The predicted octanol–water partition coefficient (Wildman–Crippen LogP) is 3.09. The van der Waals surface area contributed by atoms with Gasteiger partial charge in [0.25, 0.3) is 0 Å². The van der Waals surface area contributed by atoms with Crippen LogP contribution in [0.3, 0.4) is 0 Å². The first-order chi connectivity index (χ1) is 12.0. The Morgan fingerprint density at radius 2 is 2.04 bits per heavy atom. The quantitative estimate of drug-likeness (QED) is 0.655. The van der Waals surface area contributed by atoms with Crippen LogP contribution in [-0.2, 0) is 0 Å². The molecule has 0 unspecified atom stereocenters. The first kappa shape index (κ1) is 16.5. The molecule has 3 rings (SSSR count). The molecule has 0 aliphatic carbocycles. The number of carboxylic acid groups (broad SMARTS) is 1. The molecule has 3 aromatic rings. The van der Waals surface area contributed by atoms with E-state index in [9.17, 15) is 9.90 Å². The van der Waals surface area contributed by atoms with Crippen molar-refractivity contribution in [3.05, 3.63) is 53.6 Å². The summed E-state index contributed by atoms with van der Waals surface area (Å²) in [5.74, 6) is 0.355. The monoisotopic (exact) mass is 338 g/mol. The van der Waals surface area contributed by atoms with Crippen LogP contribution in [0.4, 0.5) is 11.8 Å². The molecule has 25 heavy (non-hydrogen) atoms. The Morgan fingerprint density at radius 3 is 2.76 bits per heavy atom. The van der Waals surface area contributed by atoms with E-state index in [2.05, 4.69) is 15.3 Å². The van der Waals surface area contributed by atoms with E-state index in [0.29, 0.717) is 16.7 Å². The lowest BCUT2D eigenvalue weighted by Crippen LogP contribution is -2.10. The fourth-order valence-corrected chi connectivity index (χ4v) is 2.59. The third-order valence-corrected chi connectivity index (χ3v) is 3.91. The van der Waals surface area contributed by atoms with Gasteiger partial charge in [-0.25, -0.2) is 9.78 Å². The minimum Gasteiger partial charge on any atom is -0.497 e. The molecule has 0 saturated heterocycles. The average Bonchev–Trinajstić information content (AvgIpc) is 2.61. The number of hydrogen-bond acceptors (Lipinski definition) is 6. The van der Waals surface area contributed by atoms with Gasteiger partial charge < -0.3 is 20.9 Å². The number of nitrogen functional groups attached to an aromatic ring is 1. The van der Waals surface area contributed by atoms with E-state index in [1.165, 1.54) is 12.1 Å². The van der Waals surface area contributed by atoms with Gasteiger partial charge in [-0.3, -0.25) is 0 Å². The second-order valence-electron chi connectivity index (χ2n) is 5.61. The molecule has 0 radical (unpaired) electrons. The number of aromatic carboxylic acids is 1. The highest BCUT2D eigenvalue weighted by molar-refractivity contribution is 5.97. The van der Waals surface area contributed by atoms with E-state index in [1.807, 2.05) is 31.2 Å². The van der Waals surface area contributed by atoms with E-state index in [-0.39, 0.29) is 17.6 Å². The number of hydrogen-bond donors (Lipinski definition) is 3. The Balaban J connectivity index is 2.01. The highest BCUT2D eigenvalue weighted by Crippen LogP contribution is 2.27. The number of nitrogens with two attached hydrogens (primary N) is 1. The molecular weight excluding hydrogens is 320 g/mol. The van der Waals surface area contributed by atoms with E-state index >= 15 is 0 Å². The lowest BCUT2D eigenvalue weighted by Gasteiger charge is -2.17. The summed E-state index contributed by atoms with van der Waals surface area (Å²) in [5, 5.41) is 13.1. The number of carboxylic acids is 1. The predicted molar refractivity (Wildman–Crippen MR) is 95.9 cm³/mol. The standard InChI is InChI=1S/C18H18N4O3/c1-10(11-4-3-5-13(8-11)25-2)20-16-14-9-12(17(23)24)6-7-15(14)21-18(19)22-16/h3-10H,1-2H3,(H,23,24)(H3,19,20,21,22)/t10-/m1/s1. The van der Waals surface area contributed by atoms with E-state index in [0.717, 1.165) is 11.3 Å². The maximum Gasteiger partial charge on any atom is 0.335 e. The number of anilines is 2. The highest BCUT2D eigenvalue weighted by atomic mass is 16.5. The fraction of sp³-hybridized carbons (Fsp3) is 0.167. The summed E-state index contributed by atoms with van der Waals surface area (Å²) in [7, 11) is 1.61. The maximum absolute atomic E-state index is 11.2. The first-order valence-corrected chi connectivity index (χ1v) is 7.69. The van der Waals surface area contributed by atoms with Crippen LogP contribution >= 0.6 is 0 Å². The molecular formula is C18H18N4O3. The summed E-state index contributed by atoms with van der Waals surface area (Å²) in [6, 6.07) is 12.2. The molecule has 1 aromatic heterocycles. The summed E-state index contributed by atoms with van der Waals surface area (Å²) >= 11 is 0. The minimum atomic E-state index is -1.01. The summed E-state index contributed by atoms with van der Waals surface area (Å²) in [4.78, 5) is 19.6. The Hall–Kier alpha value is -3.35. The molecule has 4 N–H and O–H groups in total. The van der Waals surface area contributed by atoms with Gasteiger partial charge in [-0.05, 0) is 42.8 Å².